The number of rotatable bonds is 14. The fraction of sp³-hybridized carbons (Fsp3) is 0.415. The minimum absolute atomic E-state index is 0.0720. The lowest BCUT2D eigenvalue weighted by atomic mass is 9.86. The van der Waals surface area contributed by atoms with Crippen LogP contribution in [0.3, 0.4) is 0 Å². The van der Waals surface area contributed by atoms with E-state index in [-0.39, 0.29) is 11.5 Å². The van der Waals surface area contributed by atoms with Crippen LogP contribution in [-0.4, -0.2) is 45.0 Å². The molecular formula is C41H46NO9S2+. The van der Waals surface area contributed by atoms with E-state index in [0.717, 1.165) is 92.0 Å². The normalized spacial score (nSPS) is 15.1. The molecule has 53 heavy (non-hydrogen) atoms. The summed E-state index contributed by atoms with van der Waals surface area (Å²) in [6.45, 7) is 4.08. The van der Waals surface area contributed by atoms with Crippen molar-refractivity contribution in [3.63, 3.8) is 0 Å². The lowest BCUT2D eigenvalue weighted by molar-refractivity contribution is -0.134. The highest BCUT2D eigenvalue weighted by Gasteiger charge is 2.33. The van der Waals surface area contributed by atoms with Crippen LogP contribution in [0.25, 0.3) is 16.3 Å². The molecule has 3 heterocycles. The predicted molar refractivity (Wildman–Crippen MR) is 202 cm³/mol. The smallest absolute Gasteiger partial charge is 0.311 e. The SMILES string of the molecule is CCCCCCCCCCCC(=O)Oc1ccc2c3c(ccc2c1)C(c1ccc(S(=O)(=O)O)cc1S(=O)(=O)O)=c1cc2c4c(c1O3)CCC[N+]=4CCC2. The zero-order chi connectivity index (χ0) is 37.3. The molecule has 280 valence electrons. The second-order valence-corrected chi connectivity index (χ2v) is 17.2. The van der Waals surface area contributed by atoms with Crippen molar-refractivity contribution >= 4 is 42.6 Å². The molecule has 0 aromatic heterocycles. The van der Waals surface area contributed by atoms with Crippen molar-refractivity contribution in [2.75, 3.05) is 13.1 Å². The molecule has 0 radical (unpaired) electrons. The number of carbonyl (C=O) groups excluding carboxylic acids is 1. The largest absolute Gasteiger partial charge is 0.455 e. The van der Waals surface area contributed by atoms with Crippen LogP contribution in [0.1, 0.15) is 106 Å². The average Bonchev–Trinajstić information content (AvgIpc) is 3.12. The molecule has 7 rings (SSSR count). The van der Waals surface area contributed by atoms with Gasteiger partial charge in [-0.2, -0.15) is 16.8 Å². The molecule has 4 aromatic carbocycles. The molecule has 0 saturated heterocycles. The monoisotopic (exact) mass is 760 g/mol. The number of esters is 1. The van der Waals surface area contributed by atoms with Crippen LogP contribution in [-0.2, 0) is 37.9 Å². The zero-order valence-electron chi connectivity index (χ0n) is 30.0. The summed E-state index contributed by atoms with van der Waals surface area (Å²) in [4.78, 5) is 11.5. The number of hydrogen-bond acceptors (Lipinski definition) is 7. The van der Waals surface area contributed by atoms with Gasteiger partial charge in [0.05, 0.1) is 10.5 Å². The molecule has 10 nitrogen and oxygen atoms in total. The van der Waals surface area contributed by atoms with Crippen molar-refractivity contribution in [1.82, 2.24) is 4.58 Å². The standard InChI is InChI=1S/C41H45NO9S2/c1-2-3-4-5-6-7-8-9-10-15-37(43)50-29-17-20-31-27(24-29)16-19-33-38(32-21-18-30(52(44,45)46)26-36(32)53(47,48)49)35-25-28-13-11-22-42-23-12-14-34(39(28)42)41(35)51-40(31)33/h16-21,24-26H,2-15,22-23H2,1H3,(H-,44,45,46,47,48,49)/p+1. The average molecular weight is 761 g/mol. The molecule has 3 aliphatic rings. The summed E-state index contributed by atoms with van der Waals surface area (Å²) in [7, 11) is -9.75. The molecule has 0 atom stereocenters. The Morgan fingerprint density at radius 1 is 0.774 bits per heavy atom. The Morgan fingerprint density at radius 3 is 2.19 bits per heavy atom. The number of unbranched alkanes of at least 4 members (excludes halogenated alkanes) is 8. The van der Waals surface area contributed by atoms with Crippen LogP contribution in [0.15, 0.2) is 64.4 Å². The van der Waals surface area contributed by atoms with Gasteiger partial charge >= 0.3 is 5.97 Å². The second kappa shape index (κ2) is 15.3. The van der Waals surface area contributed by atoms with Gasteiger partial charge in [-0.25, -0.2) is 4.58 Å². The first kappa shape index (κ1) is 37.2. The van der Waals surface area contributed by atoms with Crippen molar-refractivity contribution in [2.24, 2.45) is 0 Å². The van der Waals surface area contributed by atoms with E-state index in [1.807, 2.05) is 18.2 Å². The van der Waals surface area contributed by atoms with Crippen molar-refractivity contribution in [1.29, 1.82) is 0 Å². The Bertz CT molecular complexity index is 2450. The Morgan fingerprint density at radius 2 is 1.47 bits per heavy atom. The van der Waals surface area contributed by atoms with Crippen molar-refractivity contribution in [2.45, 2.75) is 107 Å². The Hall–Kier alpha value is -4.10. The van der Waals surface area contributed by atoms with Gasteiger partial charge in [0.2, 0.25) is 5.36 Å². The summed E-state index contributed by atoms with van der Waals surface area (Å²) < 4.78 is 85.1. The van der Waals surface area contributed by atoms with Crippen LogP contribution < -0.4 is 24.6 Å². The van der Waals surface area contributed by atoms with E-state index in [2.05, 4.69) is 11.5 Å². The molecule has 0 spiro atoms. The minimum atomic E-state index is -4.97. The second-order valence-electron chi connectivity index (χ2n) is 14.4. The summed E-state index contributed by atoms with van der Waals surface area (Å²) in [6, 6.07) is 14.2. The van der Waals surface area contributed by atoms with Gasteiger partial charge in [0, 0.05) is 52.1 Å². The third-order valence-electron chi connectivity index (χ3n) is 10.7. The molecular weight excluding hydrogens is 715 g/mol. The lowest BCUT2D eigenvalue weighted by Crippen LogP contribution is -2.45. The van der Waals surface area contributed by atoms with Crippen LogP contribution in [0.5, 0.6) is 17.2 Å². The first-order valence-electron chi connectivity index (χ1n) is 18.8. The van der Waals surface area contributed by atoms with E-state index in [4.69, 9.17) is 9.47 Å². The van der Waals surface area contributed by atoms with Gasteiger partial charge in [0.25, 0.3) is 20.2 Å². The molecule has 0 saturated carbocycles. The van der Waals surface area contributed by atoms with Crippen molar-refractivity contribution in [3.8, 4) is 17.2 Å². The summed E-state index contributed by atoms with van der Waals surface area (Å²) in [5.74, 6) is 1.17. The predicted octanol–water partition coefficient (Wildman–Crippen LogP) is 6.90. The fourth-order valence-corrected chi connectivity index (χ4v) is 9.47. The molecule has 0 unspecified atom stereocenters. The maximum Gasteiger partial charge on any atom is 0.311 e. The molecule has 0 fully saturated rings. The molecule has 3 aliphatic heterocycles. The van der Waals surface area contributed by atoms with E-state index in [1.165, 1.54) is 44.6 Å². The third-order valence-corrected chi connectivity index (χ3v) is 12.4. The van der Waals surface area contributed by atoms with Crippen LogP contribution >= 0.6 is 0 Å². The van der Waals surface area contributed by atoms with Gasteiger partial charge in [-0.15, -0.1) is 0 Å². The molecule has 2 N–H and O–H groups in total. The topological polar surface area (TPSA) is 147 Å². The molecule has 0 amide bonds. The number of carbonyl (C=O) groups is 1. The van der Waals surface area contributed by atoms with Gasteiger partial charge in [-0.3, -0.25) is 13.9 Å². The van der Waals surface area contributed by atoms with Crippen molar-refractivity contribution < 1.29 is 40.2 Å². The quantitative estimate of drug-likeness (QED) is 0.0406. The van der Waals surface area contributed by atoms with Gasteiger partial charge in [-0.1, -0.05) is 70.4 Å². The van der Waals surface area contributed by atoms with Crippen LogP contribution in [0, 0.1) is 0 Å². The van der Waals surface area contributed by atoms with E-state index < -0.39 is 30.0 Å². The van der Waals surface area contributed by atoms with Gasteiger partial charge in [-0.05, 0) is 67.1 Å². The highest BCUT2D eigenvalue weighted by molar-refractivity contribution is 7.86. The Balaban J connectivity index is 1.27. The third kappa shape index (κ3) is 7.78. The Kier molecular flexibility index (Phi) is 10.8. The first-order valence-corrected chi connectivity index (χ1v) is 21.7. The zero-order valence-corrected chi connectivity index (χ0v) is 31.7. The van der Waals surface area contributed by atoms with E-state index >= 15 is 0 Å². The molecule has 0 aliphatic carbocycles. The number of aryl methyl sites for hydroxylation is 1. The van der Waals surface area contributed by atoms with E-state index in [1.54, 1.807) is 18.2 Å². The summed E-state index contributed by atoms with van der Waals surface area (Å²) in [5, 5.41) is 3.22. The highest BCUT2D eigenvalue weighted by atomic mass is 32.2. The number of ether oxygens (including phenoxy) is 2. The number of nitrogens with zero attached hydrogens (tertiary/aromatic N) is 1. The van der Waals surface area contributed by atoms with Crippen LogP contribution in [0.4, 0.5) is 0 Å². The lowest BCUT2D eigenvalue weighted by Gasteiger charge is -2.27. The molecule has 4 aromatic rings. The number of benzene rings is 4. The highest BCUT2D eigenvalue weighted by Crippen LogP contribution is 2.44. The van der Waals surface area contributed by atoms with Gasteiger partial charge < -0.3 is 9.47 Å². The maximum absolute atomic E-state index is 12.9. The van der Waals surface area contributed by atoms with E-state index in [9.17, 15) is 30.7 Å². The van der Waals surface area contributed by atoms with Gasteiger partial charge in [0.1, 0.15) is 35.2 Å². The summed E-state index contributed by atoms with van der Waals surface area (Å²) in [6.07, 6.45) is 14.2. The maximum atomic E-state index is 12.9. The first-order chi connectivity index (χ1) is 25.4. The minimum Gasteiger partial charge on any atom is -0.455 e. The summed E-state index contributed by atoms with van der Waals surface area (Å²) in [5.41, 5.74) is 3.21. The fourth-order valence-electron chi connectivity index (χ4n) is 8.17. The Labute approximate surface area is 310 Å². The molecule has 12 heteroatoms. The van der Waals surface area contributed by atoms with Crippen molar-refractivity contribution in [3.05, 3.63) is 87.4 Å². The summed E-state index contributed by atoms with van der Waals surface area (Å²) >= 11 is 0. The van der Waals surface area contributed by atoms with Crippen LogP contribution in [0.2, 0.25) is 0 Å². The van der Waals surface area contributed by atoms with E-state index in [0.29, 0.717) is 45.4 Å². The number of hydrogen-bond donors (Lipinski definition) is 2. The molecule has 0 bridgehead atoms. The number of fused-ring (bicyclic) bond motifs is 5. The van der Waals surface area contributed by atoms with Gasteiger partial charge in [0.15, 0.2) is 0 Å².